The van der Waals surface area contributed by atoms with Crippen LogP contribution in [-0.2, 0) is 6.54 Å². The van der Waals surface area contributed by atoms with Crippen LogP contribution >= 0.6 is 11.6 Å². The summed E-state index contributed by atoms with van der Waals surface area (Å²) in [5.41, 5.74) is 11.3. The van der Waals surface area contributed by atoms with Crippen molar-refractivity contribution in [2.45, 2.75) is 20.4 Å². The Labute approximate surface area is 119 Å². The number of halogens is 1. The Kier molecular flexibility index (Phi) is 4.01. The minimum atomic E-state index is 0.697. The van der Waals surface area contributed by atoms with Crippen LogP contribution in [0.5, 0.6) is 0 Å². The van der Waals surface area contributed by atoms with Gasteiger partial charge in [-0.25, -0.2) is 0 Å². The van der Waals surface area contributed by atoms with E-state index in [2.05, 4.69) is 44.0 Å². The minimum Gasteiger partial charge on any atom is -0.399 e. The van der Waals surface area contributed by atoms with Crippen molar-refractivity contribution in [3.05, 3.63) is 58.1 Å². The second-order valence-electron chi connectivity index (χ2n) is 5.00. The SMILES string of the molecule is Cc1ccc(N(C)Cc2ccc(N)cc2Cl)c(C)c1. The molecule has 0 radical (unpaired) electrons. The summed E-state index contributed by atoms with van der Waals surface area (Å²) in [6, 6.07) is 12.1. The lowest BCUT2D eigenvalue weighted by molar-refractivity contribution is 0.917. The van der Waals surface area contributed by atoms with E-state index in [0.29, 0.717) is 5.69 Å². The second-order valence-corrected chi connectivity index (χ2v) is 5.40. The van der Waals surface area contributed by atoms with Crippen molar-refractivity contribution in [2.24, 2.45) is 0 Å². The molecule has 0 fully saturated rings. The summed E-state index contributed by atoms with van der Waals surface area (Å²) in [6.07, 6.45) is 0. The lowest BCUT2D eigenvalue weighted by Gasteiger charge is -2.22. The molecule has 2 rings (SSSR count). The van der Waals surface area contributed by atoms with E-state index in [1.807, 2.05) is 12.1 Å². The number of hydrogen-bond acceptors (Lipinski definition) is 2. The number of nitrogen functional groups attached to an aromatic ring is 1. The fraction of sp³-hybridized carbons (Fsp3) is 0.250. The van der Waals surface area contributed by atoms with Crippen LogP contribution in [0.1, 0.15) is 16.7 Å². The van der Waals surface area contributed by atoms with Crippen LogP contribution in [0.15, 0.2) is 36.4 Å². The summed E-state index contributed by atoms with van der Waals surface area (Å²) < 4.78 is 0. The van der Waals surface area contributed by atoms with E-state index in [1.165, 1.54) is 16.8 Å². The van der Waals surface area contributed by atoms with Gasteiger partial charge in [0.15, 0.2) is 0 Å². The van der Waals surface area contributed by atoms with Crippen LogP contribution in [0.25, 0.3) is 0 Å². The summed E-state index contributed by atoms with van der Waals surface area (Å²) in [6.45, 7) is 5.00. The number of hydrogen-bond donors (Lipinski definition) is 1. The Bertz CT molecular complexity index is 593. The summed E-state index contributed by atoms with van der Waals surface area (Å²) in [4.78, 5) is 2.20. The zero-order valence-corrected chi connectivity index (χ0v) is 12.3. The highest BCUT2D eigenvalue weighted by Crippen LogP contribution is 2.25. The first-order chi connectivity index (χ1) is 8.97. The van der Waals surface area contributed by atoms with E-state index in [9.17, 15) is 0 Å². The molecular formula is C16H19ClN2. The van der Waals surface area contributed by atoms with E-state index in [-0.39, 0.29) is 0 Å². The van der Waals surface area contributed by atoms with Gasteiger partial charge in [0.2, 0.25) is 0 Å². The fourth-order valence-corrected chi connectivity index (χ4v) is 2.51. The van der Waals surface area contributed by atoms with Gasteiger partial charge in [-0.2, -0.15) is 0 Å². The van der Waals surface area contributed by atoms with Crippen molar-refractivity contribution in [1.82, 2.24) is 0 Å². The molecule has 0 saturated carbocycles. The minimum absolute atomic E-state index is 0.697. The van der Waals surface area contributed by atoms with Crippen molar-refractivity contribution in [3.63, 3.8) is 0 Å². The highest BCUT2D eigenvalue weighted by molar-refractivity contribution is 6.31. The Hall–Kier alpha value is -1.67. The molecule has 0 aliphatic rings. The molecule has 0 spiro atoms. The molecule has 0 atom stereocenters. The molecule has 0 heterocycles. The van der Waals surface area contributed by atoms with Crippen molar-refractivity contribution >= 4 is 23.0 Å². The standard InChI is InChI=1S/C16H19ClN2/c1-11-4-7-16(12(2)8-11)19(3)10-13-5-6-14(18)9-15(13)17/h4-9H,10,18H2,1-3H3. The molecule has 0 aliphatic carbocycles. The number of nitrogens with zero attached hydrogens (tertiary/aromatic N) is 1. The first-order valence-electron chi connectivity index (χ1n) is 6.29. The van der Waals surface area contributed by atoms with Gasteiger partial charge in [-0.15, -0.1) is 0 Å². The second kappa shape index (κ2) is 5.54. The van der Waals surface area contributed by atoms with E-state index in [0.717, 1.165) is 17.1 Å². The molecule has 2 aromatic carbocycles. The molecule has 0 bridgehead atoms. The monoisotopic (exact) mass is 274 g/mol. The lowest BCUT2D eigenvalue weighted by Crippen LogP contribution is -2.17. The third-order valence-corrected chi connectivity index (χ3v) is 3.60. The number of nitrogens with two attached hydrogens (primary N) is 1. The summed E-state index contributed by atoms with van der Waals surface area (Å²) >= 11 is 6.22. The van der Waals surface area contributed by atoms with Crippen LogP contribution in [0.3, 0.4) is 0 Å². The molecule has 0 saturated heterocycles. The first-order valence-corrected chi connectivity index (χ1v) is 6.67. The molecule has 3 heteroatoms. The van der Waals surface area contributed by atoms with Crippen molar-refractivity contribution in [3.8, 4) is 0 Å². The first kappa shape index (κ1) is 13.8. The molecule has 100 valence electrons. The van der Waals surface area contributed by atoms with Gasteiger partial charge in [-0.1, -0.05) is 35.4 Å². The summed E-state index contributed by atoms with van der Waals surface area (Å²) in [7, 11) is 2.07. The maximum absolute atomic E-state index is 6.22. The number of rotatable bonds is 3. The number of aryl methyl sites for hydroxylation is 2. The smallest absolute Gasteiger partial charge is 0.0476 e. The highest BCUT2D eigenvalue weighted by atomic mass is 35.5. The summed E-state index contributed by atoms with van der Waals surface area (Å²) in [5, 5.41) is 0.719. The van der Waals surface area contributed by atoms with Crippen molar-refractivity contribution in [1.29, 1.82) is 0 Å². The maximum atomic E-state index is 6.22. The average molecular weight is 275 g/mol. The molecular weight excluding hydrogens is 256 g/mol. The van der Waals surface area contributed by atoms with E-state index in [4.69, 9.17) is 17.3 Å². The molecule has 0 aromatic heterocycles. The van der Waals surface area contributed by atoms with Gasteiger partial charge < -0.3 is 10.6 Å². The van der Waals surface area contributed by atoms with Crippen LogP contribution in [0.4, 0.5) is 11.4 Å². The average Bonchev–Trinajstić information content (AvgIpc) is 2.32. The number of benzene rings is 2. The van der Waals surface area contributed by atoms with Gasteiger partial charge in [0.1, 0.15) is 0 Å². The molecule has 2 N–H and O–H groups in total. The van der Waals surface area contributed by atoms with E-state index >= 15 is 0 Å². The van der Waals surface area contributed by atoms with E-state index < -0.39 is 0 Å². The van der Waals surface area contributed by atoms with Crippen LogP contribution in [0.2, 0.25) is 5.02 Å². The molecule has 0 aliphatic heterocycles. The molecule has 19 heavy (non-hydrogen) atoms. The fourth-order valence-electron chi connectivity index (χ4n) is 2.27. The van der Waals surface area contributed by atoms with Crippen LogP contribution in [0, 0.1) is 13.8 Å². The maximum Gasteiger partial charge on any atom is 0.0476 e. The van der Waals surface area contributed by atoms with Gasteiger partial charge in [0.25, 0.3) is 0 Å². The van der Waals surface area contributed by atoms with Gasteiger partial charge in [0, 0.05) is 30.0 Å². The molecule has 0 unspecified atom stereocenters. The third kappa shape index (κ3) is 3.21. The Morgan fingerprint density at radius 2 is 1.84 bits per heavy atom. The molecule has 2 aromatic rings. The Balaban J connectivity index is 2.23. The van der Waals surface area contributed by atoms with Crippen LogP contribution < -0.4 is 10.6 Å². The molecule has 0 amide bonds. The zero-order valence-electron chi connectivity index (χ0n) is 11.6. The third-order valence-electron chi connectivity index (χ3n) is 3.25. The predicted molar refractivity (Wildman–Crippen MR) is 83.9 cm³/mol. The lowest BCUT2D eigenvalue weighted by atomic mass is 10.1. The normalized spacial score (nSPS) is 10.5. The van der Waals surface area contributed by atoms with Gasteiger partial charge in [-0.05, 0) is 43.2 Å². The Morgan fingerprint density at radius 1 is 1.11 bits per heavy atom. The van der Waals surface area contributed by atoms with Gasteiger partial charge in [0.05, 0.1) is 0 Å². The molecule has 2 nitrogen and oxygen atoms in total. The van der Waals surface area contributed by atoms with Crippen LogP contribution in [-0.4, -0.2) is 7.05 Å². The topological polar surface area (TPSA) is 29.3 Å². The Morgan fingerprint density at radius 3 is 2.47 bits per heavy atom. The van der Waals surface area contributed by atoms with Crippen molar-refractivity contribution < 1.29 is 0 Å². The summed E-state index contributed by atoms with van der Waals surface area (Å²) in [5.74, 6) is 0. The van der Waals surface area contributed by atoms with Gasteiger partial charge >= 0.3 is 0 Å². The largest absolute Gasteiger partial charge is 0.399 e. The van der Waals surface area contributed by atoms with Crippen molar-refractivity contribution in [2.75, 3.05) is 17.7 Å². The predicted octanol–water partition coefficient (Wildman–Crippen LogP) is 4.18. The quantitative estimate of drug-likeness (QED) is 0.851. The highest BCUT2D eigenvalue weighted by Gasteiger charge is 2.08. The zero-order chi connectivity index (χ0) is 14.0. The van der Waals surface area contributed by atoms with Gasteiger partial charge in [-0.3, -0.25) is 0 Å². The number of anilines is 2. The van der Waals surface area contributed by atoms with E-state index in [1.54, 1.807) is 6.07 Å².